The van der Waals surface area contributed by atoms with Crippen LogP contribution in [-0.2, 0) is 9.59 Å². The van der Waals surface area contributed by atoms with Crippen molar-refractivity contribution in [2.45, 2.75) is 12.3 Å². The van der Waals surface area contributed by atoms with Gasteiger partial charge in [0.1, 0.15) is 22.9 Å². The number of Topliss-reactive ketones (excluding diaryl/α,β-unsaturated/α-hetero) is 1. The van der Waals surface area contributed by atoms with E-state index in [1.165, 1.54) is 0 Å². The van der Waals surface area contributed by atoms with E-state index in [9.17, 15) is 18.8 Å². The van der Waals surface area contributed by atoms with Gasteiger partial charge in [-0.2, -0.15) is 5.10 Å². The largest absolute Gasteiger partial charge is 0.382 e. The van der Waals surface area contributed by atoms with E-state index in [2.05, 4.69) is 20.5 Å². The van der Waals surface area contributed by atoms with E-state index in [-0.39, 0.29) is 30.0 Å². The van der Waals surface area contributed by atoms with E-state index < -0.39 is 17.5 Å². The van der Waals surface area contributed by atoms with Crippen molar-refractivity contribution in [1.82, 2.24) is 25.0 Å². The van der Waals surface area contributed by atoms with Crippen molar-refractivity contribution in [2.24, 2.45) is 0 Å². The van der Waals surface area contributed by atoms with Gasteiger partial charge in [-0.25, -0.2) is 9.37 Å². The lowest BCUT2D eigenvalue weighted by Crippen LogP contribution is -2.30. The number of carbonyl (C=O) groups excluding carboxylic acids is 3. The number of anilines is 1. The van der Waals surface area contributed by atoms with Gasteiger partial charge in [-0.1, -0.05) is 0 Å². The second-order valence-electron chi connectivity index (χ2n) is 7.25. The third kappa shape index (κ3) is 4.16. The molecule has 0 fully saturated rings. The fraction of sp³-hybridized carbons (Fsp3) is 0.421. The first-order valence-corrected chi connectivity index (χ1v) is 9.20. The molecule has 0 radical (unpaired) electrons. The summed E-state index contributed by atoms with van der Waals surface area (Å²) >= 11 is 0. The van der Waals surface area contributed by atoms with Gasteiger partial charge in [0.15, 0.2) is 6.29 Å². The molecule has 1 amide bonds. The average Bonchev–Trinajstić information content (AvgIpc) is 3.35. The fourth-order valence-electron chi connectivity index (χ4n) is 3.33. The molecule has 1 unspecified atom stereocenters. The lowest BCUT2D eigenvalue weighted by molar-refractivity contribution is -0.130. The zero-order valence-corrected chi connectivity index (χ0v) is 16.5. The summed E-state index contributed by atoms with van der Waals surface area (Å²) in [5.74, 6) is -2.48. The van der Waals surface area contributed by atoms with Crippen LogP contribution in [0.3, 0.4) is 0 Å². The quantitative estimate of drug-likeness (QED) is 0.499. The van der Waals surface area contributed by atoms with Gasteiger partial charge in [-0.3, -0.25) is 19.5 Å². The van der Waals surface area contributed by atoms with Gasteiger partial charge in [0.25, 0.3) is 5.91 Å². The summed E-state index contributed by atoms with van der Waals surface area (Å²) in [6, 6.07) is 1.54. The third-order valence-corrected chi connectivity index (χ3v) is 4.86. The number of hydrogen-bond donors (Lipinski definition) is 2. The van der Waals surface area contributed by atoms with Crippen LogP contribution in [0.5, 0.6) is 0 Å². The summed E-state index contributed by atoms with van der Waals surface area (Å²) in [5, 5.41) is 9.77. The molecule has 2 N–H and O–H groups in total. The molecule has 0 aliphatic carbocycles. The second kappa shape index (κ2) is 8.48. The molecule has 0 saturated heterocycles. The molecule has 0 spiro atoms. The Kier molecular flexibility index (Phi) is 6.02. The Morgan fingerprint density at radius 1 is 1.31 bits per heavy atom. The van der Waals surface area contributed by atoms with Crippen molar-refractivity contribution < 1.29 is 18.8 Å². The van der Waals surface area contributed by atoms with E-state index >= 15 is 0 Å². The highest BCUT2D eigenvalue weighted by atomic mass is 19.1. The van der Waals surface area contributed by atoms with Gasteiger partial charge in [-0.05, 0) is 33.1 Å². The Morgan fingerprint density at radius 3 is 2.76 bits per heavy atom. The number of ketones is 1. The highest BCUT2D eigenvalue weighted by Gasteiger charge is 2.34. The van der Waals surface area contributed by atoms with E-state index in [0.29, 0.717) is 23.6 Å². The number of pyridine rings is 1. The lowest BCUT2D eigenvalue weighted by atomic mass is 9.96. The van der Waals surface area contributed by atoms with E-state index in [1.54, 1.807) is 18.0 Å². The molecule has 0 saturated carbocycles. The van der Waals surface area contributed by atoms with Crippen LogP contribution in [-0.4, -0.2) is 83.7 Å². The number of halogens is 1. The molecule has 29 heavy (non-hydrogen) atoms. The SMILES string of the molecule is CN(C)CCCN(C)C(=O)c1cc(-c2ncc(F)c3c2NCC3C(=O)C=O)n[nH]1. The first kappa shape index (κ1) is 20.6. The lowest BCUT2D eigenvalue weighted by Gasteiger charge is -2.17. The molecule has 2 aromatic heterocycles. The molecule has 10 heteroatoms. The molecule has 1 aliphatic heterocycles. The van der Waals surface area contributed by atoms with E-state index in [1.807, 2.05) is 19.0 Å². The number of aldehydes is 1. The van der Waals surface area contributed by atoms with E-state index in [0.717, 1.165) is 19.2 Å². The minimum Gasteiger partial charge on any atom is -0.382 e. The van der Waals surface area contributed by atoms with Crippen LogP contribution in [0.25, 0.3) is 11.4 Å². The molecular weight excluding hydrogens is 379 g/mol. The van der Waals surface area contributed by atoms with Gasteiger partial charge in [-0.15, -0.1) is 0 Å². The van der Waals surface area contributed by atoms with Crippen LogP contribution < -0.4 is 5.32 Å². The Bertz CT molecular complexity index is 942. The van der Waals surface area contributed by atoms with Crippen LogP contribution in [0.2, 0.25) is 0 Å². The van der Waals surface area contributed by atoms with Crippen molar-refractivity contribution in [3.63, 3.8) is 0 Å². The summed E-state index contributed by atoms with van der Waals surface area (Å²) in [7, 11) is 5.65. The first-order valence-electron chi connectivity index (χ1n) is 9.20. The highest BCUT2D eigenvalue weighted by molar-refractivity contribution is 6.28. The number of nitrogens with one attached hydrogen (secondary N) is 2. The summed E-state index contributed by atoms with van der Waals surface area (Å²) in [4.78, 5) is 43.0. The number of aromatic amines is 1. The van der Waals surface area contributed by atoms with Gasteiger partial charge in [0, 0.05) is 25.7 Å². The summed E-state index contributed by atoms with van der Waals surface area (Å²) in [5.41, 5.74) is 1.36. The summed E-state index contributed by atoms with van der Waals surface area (Å²) < 4.78 is 14.3. The van der Waals surface area contributed by atoms with Crippen LogP contribution in [0, 0.1) is 5.82 Å². The van der Waals surface area contributed by atoms with Crippen molar-refractivity contribution >= 4 is 23.7 Å². The highest BCUT2D eigenvalue weighted by Crippen LogP contribution is 2.39. The molecule has 2 aromatic rings. The number of amides is 1. The van der Waals surface area contributed by atoms with Crippen LogP contribution in [0.4, 0.5) is 10.1 Å². The predicted octanol–water partition coefficient (Wildman–Crippen LogP) is 0.912. The van der Waals surface area contributed by atoms with Gasteiger partial charge in [0.05, 0.1) is 17.8 Å². The van der Waals surface area contributed by atoms with Crippen molar-refractivity contribution in [3.05, 3.63) is 29.3 Å². The molecule has 154 valence electrons. The number of aromatic nitrogens is 3. The van der Waals surface area contributed by atoms with Crippen molar-refractivity contribution in [2.75, 3.05) is 46.1 Å². The monoisotopic (exact) mass is 402 g/mol. The molecule has 3 heterocycles. The minimum atomic E-state index is -0.896. The Labute approximate surface area is 167 Å². The maximum absolute atomic E-state index is 14.3. The van der Waals surface area contributed by atoms with E-state index in [4.69, 9.17) is 0 Å². The normalized spacial score (nSPS) is 15.1. The number of carbonyl (C=O) groups is 3. The average molecular weight is 402 g/mol. The Balaban J connectivity index is 1.83. The molecular formula is C19H23FN6O3. The minimum absolute atomic E-state index is 0.101. The maximum atomic E-state index is 14.3. The number of hydrogen-bond acceptors (Lipinski definition) is 7. The zero-order valence-electron chi connectivity index (χ0n) is 16.5. The van der Waals surface area contributed by atoms with Crippen molar-refractivity contribution in [3.8, 4) is 11.4 Å². The summed E-state index contributed by atoms with van der Waals surface area (Å²) in [6.45, 7) is 1.56. The molecule has 3 rings (SSSR count). The standard InChI is InChI=1S/C19H23FN6O3/c1-25(2)5-4-6-26(3)19(29)14-7-13(23-24-14)17-18-16(12(20)9-22-17)11(8-21-18)15(28)10-27/h7,9-11,21H,4-6,8H2,1-3H3,(H,23,24). The van der Waals surface area contributed by atoms with Gasteiger partial charge >= 0.3 is 0 Å². The zero-order chi connectivity index (χ0) is 21.1. The fourth-order valence-corrected chi connectivity index (χ4v) is 3.33. The predicted molar refractivity (Wildman–Crippen MR) is 104 cm³/mol. The third-order valence-electron chi connectivity index (χ3n) is 4.86. The maximum Gasteiger partial charge on any atom is 0.271 e. The topological polar surface area (TPSA) is 111 Å². The van der Waals surface area contributed by atoms with Gasteiger partial charge < -0.3 is 15.1 Å². The molecule has 9 nitrogen and oxygen atoms in total. The number of H-pyrrole nitrogens is 1. The first-order chi connectivity index (χ1) is 13.8. The van der Waals surface area contributed by atoms with Crippen LogP contribution >= 0.6 is 0 Å². The number of fused-ring (bicyclic) bond motifs is 1. The Morgan fingerprint density at radius 2 is 2.07 bits per heavy atom. The molecule has 1 aliphatic rings. The van der Waals surface area contributed by atoms with Crippen LogP contribution in [0.15, 0.2) is 12.3 Å². The Hall–Kier alpha value is -3.14. The van der Waals surface area contributed by atoms with Crippen molar-refractivity contribution in [1.29, 1.82) is 0 Å². The van der Waals surface area contributed by atoms with Gasteiger partial charge in [0.2, 0.25) is 5.78 Å². The molecule has 0 aromatic carbocycles. The molecule has 1 atom stereocenters. The number of rotatable bonds is 8. The summed E-state index contributed by atoms with van der Waals surface area (Å²) in [6.07, 6.45) is 2.02. The number of nitrogens with zero attached hydrogens (tertiary/aromatic N) is 4. The smallest absolute Gasteiger partial charge is 0.271 e. The molecule has 0 bridgehead atoms. The van der Waals surface area contributed by atoms with Crippen LogP contribution in [0.1, 0.15) is 28.4 Å². The second-order valence-corrected chi connectivity index (χ2v) is 7.25.